The van der Waals surface area contributed by atoms with Crippen molar-refractivity contribution in [3.63, 3.8) is 0 Å². The van der Waals surface area contributed by atoms with Crippen molar-refractivity contribution in [1.82, 2.24) is 5.09 Å². The van der Waals surface area contributed by atoms with Gasteiger partial charge in [-0.2, -0.15) is 0 Å². The second kappa shape index (κ2) is 11.6. The Labute approximate surface area is 177 Å². The molecule has 3 unspecified atom stereocenters. The van der Waals surface area contributed by atoms with Crippen molar-refractivity contribution in [2.75, 3.05) is 6.61 Å². The number of carboxylic acids is 1. The van der Waals surface area contributed by atoms with E-state index in [4.69, 9.17) is 10.2 Å². The van der Waals surface area contributed by atoms with E-state index in [-0.39, 0.29) is 19.4 Å². The first kappa shape index (κ1) is 23.8. The maximum Gasteiger partial charge on any atom is 0.319 e. The average Bonchev–Trinajstić information content (AvgIpc) is 2.72. The van der Waals surface area contributed by atoms with Gasteiger partial charge in [0.15, 0.2) is 0 Å². The lowest BCUT2D eigenvalue weighted by atomic mass is 10.1. The number of nitrogens with two attached hydrogens (primary N) is 1. The van der Waals surface area contributed by atoms with Crippen LogP contribution in [0, 0.1) is 0 Å². The van der Waals surface area contributed by atoms with E-state index in [2.05, 4.69) is 5.09 Å². The van der Waals surface area contributed by atoms with Gasteiger partial charge >= 0.3 is 11.9 Å². The third-order valence-electron chi connectivity index (χ3n) is 4.69. The zero-order chi connectivity index (χ0) is 22.0. The molecule has 2 aromatic rings. The van der Waals surface area contributed by atoms with Gasteiger partial charge in [-0.3, -0.25) is 19.7 Å². The van der Waals surface area contributed by atoms with Crippen LogP contribution in [0.25, 0.3) is 0 Å². The van der Waals surface area contributed by atoms with Crippen LogP contribution < -0.4 is 10.6 Å². The molecule has 0 fully saturated rings. The van der Waals surface area contributed by atoms with E-state index < -0.39 is 31.1 Å². The highest BCUT2D eigenvalue weighted by Gasteiger charge is 2.39. The van der Waals surface area contributed by atoms with Gasteiger partial charge in [-0.05, 0) is 24.0 Å². The standard InChI is InChI=1S/C22H29N2O5P/c1-2-3-14-29-22(27)20(15-17-10-6-4-7-11-17)30(23,28)24-19(16-21(25)26)18-12-8-5-9-13-18/h4-13,19-20H,2-3,14-16H2,1H3,(H,25,26)(H3,23,24,28). The first-order valence-electron chi connectivity index (χ1n) is 9.97. The highest BCUT2D eigenvalue weighted by Crippen LogP contribution is 2.43. The summed E-state index contributed by atoms with van der Waals surface area (Å²) in [7, 11) is -3.84. The summed E-state index contributed by atoms with van der Waals surface area (Å²) in [5.41, 5.74) is 6.47. The van der Waals surface area contributed by atoms with Crippen LogP contribution in [0.3, 0.4) is 0 Å². The van der Waals surface area contributed by atoms with Crippen molar-refractivity contribution in [2.45, 2.75) is 44.3 Å². The Hall–Kier alpha value is -2.47. The highest BCUT2D eigenvalue weighted by atomic mass is 31.2. The second-order valence-corrected chi connectivity index (χ2v) is 9.43. The lowest BCUT2D eigenvalue weighted by Crippen LogP contribution is -2.37. The fraction of sp³-hybridized carbons (Fsp3) is 0.364. The summed E-state index contributed by atoms with van der Waals surface area (Å²) in [5.74, 6) is -1.71. The van der Waals surface area contributed by atoms with Gasteiger partial charge in [0.25, 0.3) is 0 Å². The monoisotopic (exact) mass is 432 g/mol. The van der Waals surface area contributed by atoms with Crippen molar-refractivity contribution in [2.24, 2.45) is 5.50 Å². The number of nitrogens with one attached hydrogen (secondary N) is 1. The smallest absolute Gasteiger partial charge is 0.319 e. The predicted octanol–water partition coefficient (Wildman–Crippen LogP) is 3.90. The summed E-state index contributed by atoms with van der Waals surface area (Å²) in [6.45, 7) is 2.19. The molecule has 2 rings (SSSR count). The minimum atomic E-state index is -3.84. The van der Waals surface area contributed by atoms with E-state index in [1.165, 1.54) is 0 Å². The number of unbranched alkanes of at least 4 members (excludes halogenated alkanes) is 1. The van der Waals surface area contributed by atoms with Gasteiger partial charge < -0.3 is 9.84 Å². The number of rotatable bonds is 12. The Bertz CT molecular complexity index is 860. The van der Waals surface area contributed by atoms with Gasteiger partial charge in [0.05, 0.1) is 13.0 Å². The fourth-order valence-electron chi connectivity index (χ4n) is 3.06. The Morgan fingerprint density at radius 3 is 2.27 bits per heavy atom. The molecule has 0 bridgehead atoms. The molecular formula is C22H29N2O5P. The van der Waals surface area contributed by atoms with Gasteiger partial charge in [0, 0.05) is 6.04 Å². The lowest BCUT2D eigenvalue weighted by Gasteiger charge is -2.28. The van der Waals surface area contributed by atoms with Gasteiger partial charge in [-0.25, -0.2) is 5.09 Å². The Morgan fingerprint density at radius 1 is 1.10 bits per heavy atom. The number of esters is 1. The molecule has 30 heavy (non-hydrogen) atoms. The van der Waals surface area contributed by atoms with Crippen LogP contribution in [0.5, 0.6) is 0 Å². The van der Waals surface area contributed by atoms with E-state index in [1.54, 1.807) is 30.3 Å². The molecule has 162 valence electrons. The van der Waals surface area contributed by atoms with Gasteiger partial charge in [-0.1, -0.05) is 74.0 Å². The highest BCUT2D eigenvalue weighted by molar-refractivity contribution is 7.61. The minimum absolute atomic E-state index is 0.126. The molecule has 0 aliphatic rings. The van der Waals surface area contributed by atoms with Crippen molar-refractivity contribution < 1.29 is 24.0 Å². The number of ether oxygens (including phenoxy) is 1. The zero-order valence-electron chi connectivity index (χ0n) is 17.1. The third-order valence-corrected chi connectivity index (χ3v) is 6.72. The fourth-order valence-corrected chi connectivity index (χ4v) is 4.83. The van der Waals surface area contributed by atoms with E-state index in [0.717, 1.165) is 12.0 Å². The summed E-state index contributed by atoms with van der Waals surface area (Å²) >= 11 is 0. The van der Waals surface area contributed by atoms with Crippen molar-refractivity contribution in [3.8, 4) is 0 Å². The summed E-state index contributed by atoms with van der Waals surface area (Å²) < 4.78 is 18.9. The Balaban J connectivity index is 2.29. The minimum Gasteiger partial charge on any atom is -0.481 e. The predicted molar refractivity (Wildman–Crippen MR) is 116 cm³/mol. The van der Waals surface area contributed by atoms with Crippen LogP contribution in [-0.4, -0.2) is 29.3 Å². The van der Waals surface area contributed by atoms with Crippen LogP contribution in [0.1, 0.15) is 43.4 Å². The summed E-state index contributed by atoms with van der Waals surface area (Å²) in [6.07, 6.45) is 1.34. The molecule has 0 aromatic heterocycles. The molecule has 0 saturated heterocycles. The first-order chi connectivity index (χ1) is 14.3. The Morgan fingerprint density at radius 2 is 1.70 bits per heavy atom. The molecule has 0 heterocycles. The van der Waals surface area contributed by atoms with Crippen molar-refractivity contribution in [1.29, 1.82) is 0 Å². The number of benzene rings is 2. The quantitative estimate of drug-likeness (QED) is 0.264. The van der Waals surface area contributed by atoms with E-state index >= 15 is 0 Å². The van der Waals surface area contributed by atoms with E-state index in [1.807, 2.05) is 37.3 Å². The zero-order valence-corrected chi connectivity index (χ0v) is 18.0. The maximum absolute atomic E-state index is 13.5. The number of carboxylic acid groups (broad SMARTS) is 1. The molecular weight excluding hydrogens is 403 g/mol. The summed E-state index contributed by atoms with van der Waals surface area (Å²) in [5, 5.41) is 12.1. The molecule has 0 radical (unpaired) electrons. The molecule has 0 spiro atoms. The van der Waals surface area contributed by atoms with Crippen LogP contribution in [0.2, 0.25) is 0 Å². The normalized spacial score (nSPS) is 15.0. The van der Waals surface area contributed by atoms with Gasteiger partial charge in [0.2, 0.25) is 7.44 Å². The van der Waals surface area contributed by atoms with Gasteiger partial charge in [0.1, 0.15) is 5.66 Å². The molecule has 8 heteroatoms. The van der Waals surface area contributed by atoms with Crippen LogP contribution in [-0.2, 0) is 25.3 Å². The van der Waals surface area contributed by atoms with Crippen LogP contribution in [0.15, 0.2) is 60.7 Å². The summed E-state index contributed by atoms with van der Waals surface area (Å²) in [6, 6.07) is 17.1. The van der Waals surface area contributed by atoms with Crippen LogP contribution in [0.4, 0.5) is 0 Å². The maximum atomic E-state index is 13.5. The number of carbonyl (C=O) groups is 2. The molecule has 7 nitrogen and oxygen atoms in total. The lowest BCUT2D eigenvalue weighted by molar-refractivity contribution is -0.143. The number of hydrogen-bond acceptors (Lipinski definition) is 4. The van der Waals surface area contributed by atoms with Gasteiger partial charge in [-0.15, -0.1) is 0 Å². The third kappa shape index (κ3) is 7.41. The molecule has 2 aromatic carbocycles. The van der Waals surface area contributed by atoms with Crippen molar-refractivity contribution in [3.05, 3.63) is 71.8 Å². The number of carbonyl (C=O) groups excluding carboxylic acids is 1. The number of hydrogen-bond donors (Lipinski definition) is 3. The second-order valence-electron chi connectivity index (χ2n) is 7.13. The SMILES string of the molecule is CCCCOC(=O)C(Cc1ccccc1)P(N)(=O)NC(CC(=O)O)c1ccccc1. The molecule has 0 saturated carbocycles. The molecule has 0 aliphatic carbocycles. The topological polar surface area (TPSA) is 119 Å². The van der Waals surface area contributed by atoms with E-state index in [0.29, 0.717) is 12.0 Å². The molecule has 3 atom stereocenters. The number of aliphatic carboxylic acids is 1. The van der Waals surface area contributed by atoms with Crippen molar-refractivity contribution >= 4 is 19.4 Å². The molecule has 0 aliphatic heterocycles. The molecule has 0 amide bonds. The largest absolute Gasteiger partial charge is 0.481 e. The van der Waals surface area contributed by atoms with E-state index in [9.17, 15) is 19.3 Å². The first-order valence-corrected chi connectivity index (χ1v) is 11.8. The molecule has 4 N–H and O–H groups in total. The summed E-state index contributed by atoms with van der Waals surface area (Å²) in [4.78, 5) is 24.2. The van der Waals surface area contributed by atoms with Crippen LogP contribution >= 0.6 is 7.44 Å². The average molecular weight is 432 g/mol. The Kier molecular flexibility index (Phi) is 9.24.